The lowest BCUT2D eigenvalue weighted by atomic mass is 9.99. The highest BCUT2D eigenvalue weighted by Gasteiger charge is 2.40. The van der Waals surface area contributed by atoms with Crippen LogP contribution in [-0.4, -0.2) is 92.5 Å². The van der Waals surface area contributed by atoms with Gasteiger partial charge >= 0.3 is 12.1 Å². The summed E-state index contributed by atoms with van der Waals surface area (Å²) in [5, 5.41) is 5.67. The Kier molecular flexibility index (Phi) is 9.92. The first-order valence-electron chi connectivity index (χ1n) is 14.2. The topological polar surface area (TPSA) is 119 Å². The molecule has 2 aromatic rings. The fourth-order valence-corrected chi connectivity index (χ4v) is 5.20. The van der Waals surface area contributed by atoms with Gasteiger partial charge in [0.05, 0.1) is 32.0 Å². The van der Waals surface area contributed by atoms with Gasteiger partial charge in [-0.3, -0.25) is 4.79 Å². The van der Waals surface area contributed by atoms with Crippen molar-refractivity contribution in [1.82, 2.24) is 20.4 Å². The maximum absolute atomic E-state index is 12.9. The second-order valence-electron chi connectivity index (χ2n) is 10.7. The number of amides is 4. The molecule has 3 aliphatic heterocycles. The molecule has 41 heavy (non-hydrogen) atoms. The number of nitrogens with one attached hydrogen (secondary N) is 2. The van der Waals surface area contributed by atoms with E-state index in [1.807, 2.05) is 64.4 Å². The molecular formula is C30H38N4O7. The van der Waals surface area contributed by atoms with Gasteiger partial charge in [0.15, 0.2) is 0 Å². The first kappa shape index (κ1) is 28.7. The van der Waals surface area contributed by atoms with Crippen LogP contribution < -0.4 is 15.4 Å². The molecule has 2 atom stereocenters. The Bertz CT molecular complexity index is 1170. The van der Waals surface area contributed by atoms with Crippen molar-refractivity contribution in [3.63, 3.8) is 0 Å². The molecule has 3 aliphatic rings. The zero-order chi connectivity index (χ0) is 28.4. The van der Waals surface area contributed by atoms with Crippen molar-refractivity contribution in [2.24, 2.45) is 5.92 Å². The Morgan fingerprint density at radius 2 is 1.83 bits per heavy atom. The van der Waals surface area contributed by atoms with Crippen LogP contribution in [0.1, 0.15) is 24.0 Å². The lowest BCUT2D eigenvalue weighted by molar-refractivity contribution is -0.139. The normalized spacial score (nSPS) is 20.4. The maximum atomic E-state index is 12.9. The summed E-state index contributed by atoms with van der Waals surface area (Å²) < 4.78 is 22.5. The summed E-state index contributed by atoms with van der Waals surface area (Å²) in [4.78, 5) is 40.0. The second kappa shape index (κ2) is 14.2. The van der Waals surface area contributed by atoms with E-state index in [4.69, 9.17) is 18.9 Å². The van der Waals surface area contributed by atoms with Crippen LogP contribution in [0.3, 0.4) is 0 Å². The minimum absolute atomic E-state index is 0.00339. The molecule has 220 valence electrons. The van der Waals surface area contributed by atoms with E-state index in [0.717, 1.165) is 23.3 Å². The maximum Gasteiger partial charge on any atom is 0.407 e. The van der Waals surface area contributed by atoms with Gasteiger partial charge in [-0.25, -0.2) is 9.59 Å². The molecule has 5 rings (SSSR count). The minimum atomic E-state index is -0.443. The largest absolute Gasteiger partial charge is 0.494 e. The average molecular weight is 567 g/mol. The number of ether oxygens (including phenoxy) is 4. The van der Waals surface area contributed by atoms with Crippen LogP contribution in [0.2, 0.25) is 0 Å². The first-order valence-corrected chi connectivity index (χ1v) is 14.2. The van der Waals surface area contributed by atoms with E-state index < -0.39 is 6.09 Å². The summed E-state index contributed by atoms with van der Waals surface area (Å²) in [5.74, 6) is 0.937. The number of urea groups is 1. The summed E-state index contributed by atoms with van der Waals surface area (Å²) >= 11 is 0. The van der Waals surface area contributed by atoms with Gasteiger partial charge in [-0.15, -0.1) is 0 Å². The Morgan fingerprint density at radius 3 is 2.68 bits per heavy atom. The van der Waals surface area contributed by atoms with Crippen LogP contribution in [0, 0.1) is 5.92 Å². The van der Waals surface area contributed by atoms with E-state index in [1.54, 1.807) is 0 Å². The number of rotatable bonds is 11. The molecule has 2 aromatic carbocycles. The number of fused-ring (bicyclic) bond motifs is 1. The predicted molar refractivity (Wildman–Crippen MR) is 149 cm³/mol. The van der Waals surface area contributed by atoms with Crippen molar-refractivity contribution in [1.29, 1.82) is 0 Å². The number of carbonyl (C=O) groups excluding carboxylic acids is 3. The number of alkyl carbamates (subject to hydrolysis) is 1. The lowest BCUT2D eigenvalue weighted by Gasteiger charge is -2.46. The number of benzene rings is 2. The van der Waals surface area contributed by atoms with Gasteiger partial charge in [0, 0.05) is 38.6 Å². The van der Waals surface area contributed by atoms with E-state index >= 15 is 0 Å². The summed E-state index contributed by atoms with van der Waals surface area (Å²) in [5.41, 5.74) is 1.95. The van der Waals surface area contributed by atoms with Gasteiger partial charge in [0.1, 0.15) is 19.0 Å². The van der Waals surface area contributed by atoms with Gasteiger partial charge in [-0.05, 0) is 36.1 Å². The van der Waals surface area contributed by atoms with Crippen molar-refractivity contribution in [2.45, 2.75) is 38.2 Å². The minimum Gasteiger partial charge on any atom is -0.494 e. The number of morpholine rings is 1. The Labute approximate surface area is 240 Å². The molecule has 11 nitrogen and oxygen atoms in total. The van der Waals surface area contributed by atoms with E-state index in [-0.39, 0.29) is 37.3 Å². The highest BCUT2D eigenvalue weighted by molar-refractivity contribution is 5.79. The molecule has 0 saturated carbocycles. The summed E-state index contributed by atoms with van der Waals surface area (Å²) in [7, 11) is 0. The van der Waals surface area contributed by atoms with Gasteiger partial charge in [-0.1, -0.05) is 42.5 Å². The van der Waals surface area contributed by atoms with Crippen LogP contribution in [0.25, 0.3) is 0 Å². The Hall–Kier alpha value is -3.83. The quantitative estimate of drug-likeness (QED) is 0.402. The van der Waals surface area contributed by atoms with Crippen molar-refractivity contribution in [2.75, 3.05) is 52.5 Å². The van der Waals surface area contributed by atoms with Crippen LogP contribution in [0.5, 0.6) is 5.75 Å². The third-order valence-corrected chi connectivity index (χ3v) is 7.42. The molecule has 3 fully saturated rings. The van der Waals surface area contributed by atoms with E-state index in [2.05, 4.69) is 10.6 Å². The molecule has 3 heterocycles. The molecule has 0 aromatic heterocycles. The molecule has 11 heteroatoms. The number of hydrogen-bond acceptors (Lipinski definition) is 7. The first-order chi connectivity index (χ1) is 20.0. The van der Waals surface area contributed by atoms with E-state index in [1.165, 1.54) is 0 Å². The molecule has 4 amide bonds. The summed E-state index contributed by atoms with van der Waals surface area (Å²) in [6, 6.07) is 17.2. The van der Waals surface area contributed by atoms with Crippen molar-refractivity contribution in [3.8, 4) is 5.75 Å². The van der Waals surface area contributed by atoms with Gasteiger partial charge < -0.3 is 39.4 Å². The smallest absolute Gasteiger partial charge is 0.407 e. The monoisotopic (exact) mass is 566 g/mol. The number of hydrogen-bond donors (Lipinski definition) is 2. The van der Waals surface area contributed by atoms with Crippen LogP contribution in [0.15, 0.2) is 54.6 Å². The van der Waals surface area contributed by atoms with Crippen molar-refractivity contribution < 1.29 is 33.3 Å². The fraction of sp³-hybridized carbons (Fsp3) is 0.500. The molecule has 3 saturated heterocycles. The standard InChI is InChI=1S/C30H38N4O7/c35-28-21-40-27-10-12-33(17-26(27)32-28)30(37)34-15-24(16-34)19-38-18-23-8-4-9-25(14-23)39-13-5-11-31-29(36)41-20-22-6-2-1-3-7-22/h1-4,6-9,14,24,26-27H,5,10-13,15-21H2,(H,31,36)(H,32,35)/t26-,27+/m1/s1. The molecule has 0 spiro atoms. The second-order valence-corrected chi connectivity index (χ2v) is 10.7. The zero-order valence-corrected chi connectivity index (χ0v) is 23.2. The van der Waals surface area contributed by atoms with Crippen molar-refractivity contribution in [3.05, 3.63) is 65.7 Å². The van der Waals surface area contributed by atoms with Crippen LogP contribution >= 0.6 is 0 Å². The van der Waals surface area contributed by atoms with Gasteiger partial charge in [-0.2, -0.15) is 0 Å². The number of nitrogens with zero attached hydrogens (tertiary/aromatic N) is 2. The van der Waals surface area contributed by atoms with Gasteiger partial charge in [0.25, 0.3) is 0 Å². The molecule has 0 unspecified atom stereocenters. The summed E-state index contributed by atoms with van der Waals surface area (Å²) in [6.07, 6.45) is 0.942. The third-order valence-electron chi connectivity index (χ3n) is 7.42. The molecule has 0 bridgehead atoms. The Balaban J connectivity index is 0.919. The molecule has 0 radical (unpaired) electrons. The Morgan fingerprint density at radius 1 is 1.00 bits per heavy atom. The third kappa shape index (κ3) is 8.34. The van der Waals surface area contributed by atoms with Crippen LogP contribution in [-0.2, 0) is 32.2 Å². The van der Waals surface area contributed by atoms with E-state index in [0.29, 0.717) is 64.9 Å². The highest BCUT2D eigenvalue weighted by atomic mass is 16.5. The highest BCUT2D eigenvalue weighted by Crippen LogP contribution is 2.23. The SMILES string of the molecule is O=C1CO[C@H]2CCN(C(=O)N3CC(COCc4cccc(OCCCNC(=O)OCc5ccccc5)c4)C3)C[C@H]2N1. The fourth-order valence-electron chi connectivity index (χ4n) is 5.20. The summed E-state index contributed by atoms with van der Waals surface area (Å²) in [6.45, 7) is 4.79. The van der Waals surface area contributed by atoms with Crippen LogP contribution in [0.4, 0.5) is 9.59 Å². The number of likely N-dealkylation sites (tertiary alicyclic amines) is 2. The van der Waals surface area contributed by atoms with Crippen molar-refractivity contribution >= 4 is 18.0 Å². The number of carbonyl (C=O) groups is 3. The molecule has 2 N–H and O–H groups in total. The van der Waals surface area contributed by atoms with Gasteiger partial charge in [0.2, 0.25) is 5.91 Å². The molecular weight excluding hydrogens is 528 g/mol. The average Bonchev–Trinajstić information content (AvgIpc) is 2.97. The predicted octanol–water partition coefficient (Wildman–Crippen LogP) is 2.54. The van der Waals surface area contributed by atoms with E-state index in [9.17, 15) is 14.4 Å². The zero-order valence-electron chi connectivity index (χ0n) is 23.2. The molecule has 0 aliphatic carbocycles. The lowest BCUT2D eigenvalue weighted by Crippen LogP contribution is -2.64. The number of piperidine rings is 1.